The van der Waals surface area contributed by atoms with Gasteiger partial charge in [-0.2, -0.15) is 5.48 Å². The van der Waals surface area contributed by atoms with Crippen LogP contribution in [0.15, 0.2) is 0 Å². The van der Waals surface area contributed by atoms with E-state index in [1.54, 1.807) is 0 Å². The second-order valence-corrected chi connectivity index (χ2v) is 6.45. The molecule has 1 heterocycles. The minimum Gasteiger partial charge on any atom is -0.456 e. The summed E-state index contributed by atoms with van der Waals surface area (Å²) in [4.78, 5) is 28.5. The molecule has 0 aromatic rings. The van der Waals surface area contributed by atoms with Gasteiger partial charge >= 0.3 is 5.97 Å². The Kier molecular flexibility index (Phi) is 6.40. The van der Waals surface area contributed by atoms with Crippen molar-refractivity contribution in [1.82, 2.24) is 10.8 Å². The first kappa shape index (κ1) is 17.4. The first-order valence-corrected chi connectivity index (χ1v) is 8.03. The van der Waals surface area contributed by atoms with Crippen LogP contribution < -0.4 is 10.8 Å². The fourth-order valence-corrected chi connectivity index (χ4v) is 3.17. The quantitative estimate of drug-likeness (QED) is 0.586. The summed E-state index contributed by atoms with van der Waals surface area (Å²) in [6, 6.07) is 0. The van der Waals surface area contributed by atoms with Crippen molar-refractivity contribution in [2.45, 2.75) is 62.8 Å². The van der Waals surface area contributed by atoms with Gasteiger partial charge in [-0.05, 0) is 26.2 Å². The molecule has 5 atom stereocenters. The van der Waals surface area contributed by atoms with Crippen LogP contribution in [0.2, 0.25) is 0 Å². The first-order valence-electron chi connectivity index (χ1n) is 7.60. The third-order valence-electron chi connectivity index (χ3n) is 3.97. The molecule has 1 aliphatic carbocycles. The topological polar surface area (TPSA) is 76.7 Å². The molecule has 8 heteroatoms. The molecule has 126 valence electrons. The zero-order valence-electron chi connectivity index (χ0n) is 12.5. The summed E-state index contributed by atoms with van der Waals surface area (Å²) < 4.78 is 18.7. The second kappa shape index (κ2) is 8.08. The smallest absolute Gasteiger partial charge is 0.306 e. The Morgan fingerprint density at radius 3 is 2.86 bits per heavy atom. The van der Waals surface area contributed by atoms with Gasteiger partial charge in [0, 0.05) is 17.7 Å². The summed E-state index contributed by atoms with van der Waals surface area (Å²) in [6.07, 6.45) is 1.04. The van der Waals surface area contributed by atoms with Crippen LogP contribution in [0.4, 0.5) is 4.39 Å². The highest BCUT2D eigenvalue weighted by molar-refractivity contribution is 6.21. The Morgan fingerprint density at radius 1 is 1.45 bits per heavy atom. The highest BCUT2D eigenvalue weighted by Gasteiger charge is 2.34. The zero-order chi connectivity index (χ0) is 16.1. The van der Waals surface area contributed by atoms with E-state index in [4.69, 9.17) is 21.2 Å². The molecular weight excluding hydrogens is 315 g/mol. The van der Waals surface area contributed by atoms with Crippen molar-refractivity contribution < 1.29 is 23.6 Å². The van der Waals surface area contributed by atoms with Crippen molar-refractivity contribution >= 4 is 23.5 Å². The monoisotopic (exact) mass is 336 g/mol. The molecule has 0 aromatic carbocycles. The van der Waals surface area contributed by atoms with E-state index in [1.807, 2.05) is 6.92 Å². The average molecular weight is 337 g/mol. The number of hydroxylamine groups is 1. The molecule has 0 bridgehead atoms. The molecule has 6 nitrogen and oxygen atoms in total. The molecule has 1 saturated heterocycles. The number of amides is 1. The Labute approximate surface area is 134 Å². The number of carbonyl (C=O) groups is 2. The number of hydrogen-bond acceptors (Lipinski definition) is 5. The summed E-state index contributed by atoms with van der Waals surface area (Å²) in [5.74, 6) is -1.55. The minimum atomic E-state index is -1.08. The normalized spacial score (nSPS) is 35.1. The van der Waals surface area contributed by atoms with Crippen molar-refractivity contribution in [2.75, 3.05) is 6.61 Å². The zero-order valence-corrected chi connectivity index (χ0v) is 13.3. The summed E-state index contributed by atoms with van der Waals surface area (Å²) >= 11 is 6.06. The number of ether oxygens (including phenoxy) is 1. The largest absolute Gasteiger partial charge is 0.456 e. The van der Waals surface area contributed by atoms with Gasteiger partial charge in [0.05, 0.1) is 12.5 Å². The fourth-order valence-electron chi connectivity index (χ4n) is 2.77. The van der Waals surface area contributed by atoms with E-state index >= 15 is 0 Å². The number of carbonyl (C=O) groups excluding carboxylic acids is 2. The number of rotatable bonds is 5. The fraction of sp³-hybridized carbons (Fsp3) is 0.857. The molecule has 0 radical (unpaired) electrons. The van der Waals surface area contributed by atoms with Crippen LogP contribution in [0.5, 0.6) is 0 Å². The van der Waals surface area contributed by atoms with Crippen LogP contribution >= 0.6 is 11.6 Å². The molecule has 2 N–H and O–H groups in total. The van der Waals surface area contributed by atoms with Gasteiger partial charge in [0.1, 0.15) is 12.3 Å². The van der Waals surface area contributed by atoms with E-state index < -0.39 is 24.0 Å². The molecule has 2 aliphatic rings. The van der Waals surface area contributed by atoms with Crippen LogP contribution in [0.1, 0.15) is 39.0 Å². The number of nitrogens with one attached hydrogen (secondary N) is 2. The van der Waals surface area contributed by atoms with Gasteiger partial charge in [0.2, 0.25) is 0 Å². The Bertz CT molecular complexity index is 402. The van der Waals surface area contributed by atoms with E-state index in [1.165, 1.54) is 0 Å². The Morgan fingerprint density at radius 2 is 2.23 bits per heavy atom. The number of halogens is 2. The number of alkyl halides is 2. The van der Waals surface area contributed by atoms with E-state index in [2.05, 4.69) is 10.8 Å². The van der Waals surface area contributed by atoms with Gasteiger partial charge in [-0.3, -0.25) is 14.4 Å². The lowest BCUT2D eigenvalue weighted by Gasteiger charge is -2.29. The van der Waals surface area contributed by atoms with E-state index in [0.29, 0.717) is 19.3 Å². The molecule has 2 fully saturated rings. The lowest BCUT2D eigenvalue weighted by atomic mass is 9.85. The molecule has 0 spiro atoms. The minimum absolute atomic E-state index is 0.0151. The number of hydrogen-bond donors (Lipinski definition) is 2. The Hall–Kier alpha value is -0.920. The van der Waals surface area contributed by atoms with Crippen LogP contribution in [0, 0.1) is 5.92 Å². The lowest BCUT2D eigenvalue weighted by molar-refractivity contribution is -0.150. The van der Waals surface area contributed by atoms with Crippen molar-refractivity contribution in [2.24, 2.45) is 5.92 Å². The van der Waals surface area contributed by atoms with E-state index in [-0.39, 0.29) is 30.7 Å². The van der Waals surface area contributed by atoms with Gasteiger partial charge < -0.3 is 10.1 Å². The van der Waals surface area contributed by atoms with E-state index in [0.717, 1.165) is 6.42 Å². The third-order valence-corrected chi connectivity index (χ3v) is 4.51. The predicted molar refractivity (Wildman–Crippen MR) is 77.7 cm³/mol. The SMILES string of the molecule is CC1CC(NC(=O)COC(=O)CC2C(F)CCCC2Cl)NO1. The summed E-state index contributed by atoms with van der Waals surface area (Å²) in [6.45, 7) is 1.49. The molecule has 5 unspecified atom stereocenters. The van der Waals surface area contributed by atoms with Gasteiger partial charge in [-0.1, -0.05) is 0 Å². The lowest BCUT2D eigenvalue weighted by Crippen LogP contribution is -2.43. The standard InChI is InChI=1S/C14H22ClFN2O4/c1-8-5-12(18-22-8)17-13(19)7-21-14(20)6-9-10(15)3-2-4-11(9)16/h8-12,18H,2-7H2,1H3,(H,17,19). The van der Waals surface area contributed by atoms with Crippen LogP contribution in [-0.2, 0) is 19.2 Å². The highest BCUT2D eigenvalue weighted by atomic mass is 35.5. The summed E-state index contributed by atoms with van der Waals surface area (Å²) in [5.41, 5.74) is 2.66. The first-order chi connectivity index (χ1) is 10.5. The summed E-state index contributed by atoms with van der Waals surface area (Å²) in [7, 11) is 0. The molecular formula is C14H22ClFN2O4. The third kappa shape index (κ3) is 5.07. The van der Waals surface area contributed by atoms with Crippen molar-refractivity contribution in [3.05, 3.63) is 0 Å². The van der Waals surface area contributed by atoms with Crippen LogP contribution in [0.3, 0.4) is 0 Å². The van der Waals surface area contributed by atoms with Crippen molar-refractivity contribution in [3.63, 3.8) is 0 Å². The Balaban J connectivity index is 1.67. The predicted octanol–water partition coefficient (Wildman–Crippen LogP) is 1.42. The van der Waals surface area contributed by atoms with Gasteiger partial charge in [0.25, 0.3) is 5.91 Å². The van der Waals surface area contributed by atoms with Gasteiger partial charge in [-0.25, -0.2) is 4.39 Å². The highest BCUT2D eigenvalue weighted by Crippen LogP contribution is 2.33. The molecule has 22 heavy (non-hydrogen) atoms. The molecule has 0 aromatic heterocycles. The van der Waals surface area contributed by atoms with Gasteiger partial charge in [0.15, 0.2) is 6.61 Å². The van der Waals surface area contributed by atoms with Crippen molar-refractivity contribution in [1.29, 1.82) is 0 Å². The summed E-state index contributed by atoms with van der Waals surface area (Å²) in [5, 5.41) is 2.28. The van der Waals surface area contributed by atoms with Gasteiger partial charge in [-0.15, -0.1) is 11.6 Å². The molecule has 1 saturated carbocycles. The second-order valence-electron chi connectivity index (χ2n) is 5.89. The van der Waals surface area contributed by atoms with Crippen LogP contribution in [-0.4, -0.2) is 42.3 Å². The van der Waals surface area contributed by atoms with Crippen molar-refractivity contribution in [3.8, 4) is 0 Å². The van der Waals surface area contributed by atoms with Crippen LogP contribution in [0.25, 0.3) is 0 Å². The maximum atomic E-state index is 13.8. The molecule has 1 amide bonds. The van der Waals surface area contributed by atoms with E-state index in [9.17, 15) is 14.0 Å². The number of esters is 1. The maximum Gasteiger partial charge on any atom is 0.306 e. The molecule has 2 rings (SSSR count). The molecule has 1 aliphatic heterocycles. The maximum absolute atomic E-state index is 13.8. The average Bonchev–Trinajstić information content (AvgIpc) is 2.86.